The zero-order valence-corrected chi connectivity index (χ0v) is 19.7. The highest BCUT2D eigenvalue weighted by Gasteiger charge is 2.41. The first kappa shape index (κ1) is 24.3. The number of nitrogens with two attached hydrogens (primary N) is 1. The molecule has 0 aliphatic carbocycles. The first-order valence-electron chi connectivity index (χ1n) is 9.51. The summed E-state index contributed by atoms with van der Waals surface area (Å²) in [7, 11) is -3.88. The van der Waals surface area contributed by atoms with Gasteiger partial charge in [-0.25, -0.2) is 9.02 Å². The molecule has 1 saturated heterocycles. The Hall–Kier alpha value is -2.33. The molecule has 5 N–H and O–H groups in total. The lowest BCUT2D eigenvalue weighted by molar-refractivity contribution is 0.220. The summed E-state index contributed by atoms with van der Waals surface area (Å²) in [6, 6.07) is 4.11. The van der Waals surface area contributed by atoms with Gasteiger partial charge in [-0.3, -0.25) is 4.18 Å². The van der Waals surface area contributed by atoms with Crippen LogP contribution >= 0.6 is 15.9 Å². The van der Waals surface area contributed by atoms with Crippen LogP contribution in [0.5, 0.6) is 0 Å². The summed E-state index contributed by atoms with van der Waals surface area (Å²) in [4.78, 5) is 0. The third kappa shape index (κ3) is 5.72. The maximum Gasteiger partial charge on any atom is 0.338 e. The molecule has 1 aliphatic heterocycles. The molecule has 1 atom stereocenters. The van der Waals surface area contributed by atoms with E-state index in [2.05, 4.69) is 42.0 Å². The van der Waals surface area contributed by atoms with Gasteiger partial charge in [0.05, 0.1) is 10.6 Å². The highest BCUT2D eigenvalue weighted by molar-refractivity contribution is 9.10. The lowest BCUT2D eigenvalue weighted by Gasteiger charge is -2.25. The van der Waals surface area contributed by atoms with E-state index in [0.29, 0.717) is 12.1 Å². The minimum absolute atomic E-state index is 0.0401. The summed E-state index contributed by atoms with van der Waals surface area (Å²) in [5.41, 5.74) is 5.92. The number of hydrogen-bond donors (Lipinski definition) is 4. The second-order valence-electron chi connectivity index (χ2n) is 7.57. The van der Waals surface area contributed by atoms with Crippen molar-refractivity contribution >= 4 is 43.6 Å². The standard InChI is InChI=1S/C17H23BrFN7O5S/c1-10(2)30-32(28,29)26-6-5-17(20,9-26)8-21-15-14(24-31-25-15)16(23-27)22-11-3-4-13(19)12(18)7-11/h3-4,7,10,27H,5-6,8-9,20H2,1-2H3,(H,21,25)(H,22,23). The molecule has 1 aliphatic rings. The van der Waals surface area contributed by atoms with E-state index < -0.39 is 27.8 Å². The van der Waals surface area contributed by atoms with E-state index in [9.17, 15) is 18.0 Å². The number of amidine groups is 1. The van der Waals surface area contributed by atoms with Crippen LogP contribution in [-0.2, 0) is 14.5 Å². The van der Waals surface area contributed by atoms with E-state index in [-0.39, 0.29) is 41.5 Å². The SMILES string of the molecule is CC(C)OS(=O)(=O)N1CCC(N)(CNc2nonc2/C(=N/O)Nc2ccc(F)c(Br)c2)C1. The molecule has 1 aromatic heterocycles. The Balaban J connectivity index is 1.67. The molecule has 0 amide bonds. The molecule has 12 nitrogen and oxygen atoms in total. The molecule has 0 spiro atoms. The largest absolute Gasteiger partial charge is 0.409 e. The second-order valence-corrected chi connectivity index (χ2v) is 9.98. The molecule has 32 heavy (non-hydrogen) atoms. The van der Waals surface area contributed by atoms with Crippen molar-refractivity contribution in [2.75, 3.05) is 30.3 Å². The highest BCUT2D eigenvalue weighted by Crippen LogP contribution is 2.25. The van der Waals surface area contributed by atoms with Crippen molar-refractivity contribution in [1.29, 1.82) is 0 Å². The number of rotatable bonds is 8. The van der Waals surface area contributed by atoms with Gasteiger partial charge in [0.25, 0.3) is 0 Å². The summed E-state index contributed by atoms with van der Waals surface area (Å²) in [5, 5.41) is 25.8. The summed E-state index contributed by atoms with van der Waals surface area (Å²) in [6.45, 7) is 3.63. The van der Waals surface area contributed by atoms with Crippen LogP contribution in [0.15, 0.2) is 32.5 Å². The summed E-state index contributed by atoms with van der Waals surface area (Å²) in [6.07, 6.45) is -0.107. The van der Waals surface area contributed by atoms with Crippen LogP contribution in [-0.4, -0.2) is 65.4 Å². The maximum atomic E-state index is 13.4. The molecule has 15 heteroatoms. The van der Waals surface area contributed by atoms with Crippen LogP contribution in [0.4, 0.5) is 15.9 Å². The number of nitrogens with one attached hydrogen (secondary N) is 2. The van der Waals surface area contributed by atoms with Crippen molar-refractivity contribution in [1.82, 2.24) is 14.6 Å². The Morgan fingerprint density at radius 3 is 2.91 bits per heavy atom. The Kier molecular flexibility index (Phi) is 7.34. The van der Waals surface area contributed by atoms with Crippen LogP contribution in [0.25, 0.3) is 0 Å². The van der Waals surface area contributed by atoms with Crippen LogP contribution in [0.3, 0.4) is 0 Å². The van der Waals surface area contributed by atoms with Crippen LogP contribution in [0.2, 0.25) is 0 Å². The third-order valence-electron chi connectivity index (χ3n) is 4.58. The van der Waals surface area contributed by atoms with Gasteiger partial charge >= 0.3 is 10.3 Å². The molecule has 1 fully saturated rings. The molecular formula is C17H23BrFN7O5S. The van der Waals surface area contributed by atoms with E-state index >= 15 is 0 Å². The minimum Gasteiger partial charge on any atom is -0.409 e. The van der Waals surface area contributed by atoms with Crippen molar-refractivity contribution in [2.45, 2.75) is 31.9 Å². The zero-order chi connectivity index (χ0) is 23.5. The van der Waals surface area contributed by atoms with Gasteiger partial charge < -0.3 is 21.6 Å². The summed E-state index contributed by atoms with van der Waals surface area (Å²) in [5.74, 6) is -0.446. The van der Waals surface area contributed by atoms with E-state index in [1.165, 1.54) is 22.5 Å². The molecule has 2 aromatic rings. The predicted molar refractivity (Wildman–Crippen MR) is 117 cm³/mol. The van der Waals surface area contributed by atoms with E-state index in [0.717, 1.165) is 0 Å². The molecule has 0 radical (unpaired) electrons. The lowest BCUT2D eigenvalue weighted by atomic mass is 10.0. The number of benzene rings is 1. The smallest absolute Gasteiger partial charge is 0.338 e. The Bertz CT molecular complexity index is 1100. The third-order valence-corrected chi connectivity index (χ3v) is 6.76. The van der Waals surface area contributed by atoms with Crippen molar-refractivity contribution in [2.24, 2.45) is 10.9 Å². The van der Waals surface area contributed by atoms with Crippen molar-refractivity contribution in [3.05, 3.63) is 34.2 Å². The molecule has 2 heterocycles. The highest BCUT2D eigenvalue weighted by atomic mass is 79.9. The van der Waals surface area contributed by atoms with Crippen LogP contribution in [0, 0.1) is 5.82 Å². The van der Waals surface area contributed by atoms with Gasteiger partial charge in [0.2, 0.25) is 11.7 Å². The average Bonchev–Trinajstić information content (AvgIpc) is 3.34. The fourth-order valence-electron chi connectivity index (χ4n) is 3.06. The fraction of sp³-hybridized carbons (Fsp3) is 0.471. The monoisotopic (exact) mass is 535 g/mol. The number of anilines is 2. The maximum absolute atomic E-state index is 13.4. The van der Waals surface area contributed by atoms with Gasteiger partial charge in [-0.1, -0.05) is 5.16 Å². The van der Waals surface area contributed by atoms with Crippen LogP contribution in [0.1, 0.15) is 26.0 Å². The number of aromatic nitrogens is 2. The number of halogens is 2. The topological polar surface area (TPSA) is 168 Å². The van der Waals surface area contributed by atoms with Gasteiger partial charge in [0, 0.05) is 30.9 Å². The average molecular weight is 536 g/mol. The summed E-state index contributed by atoms with van der Waals surface area (Å²) >= 11 is 3.08. The van der Waals surface area contributed by atoms with Gasteiger partial charge in [0.15, 0.2) is 5.69 Å². The Morgan fingerprint density at radius 2 is 2.25 bits per heavy atom. The molecule has 0 saturated carbocycles. The minimum atomic E-state index is -3.88. The fourth-order valence-corrected chi connectivity index (χ4v) is 4.77. The number of hydrogen-bond acceptors (Lipinski definition) is 10. The predicted octanol–water partition coefficient (Wildman–Crippen LogP) is 1.70. The van der Waals surface area contributed by atoms with E-state index in [1.54, 1.807) is 13.8 Å². The zero-order valence-electron chi connectivity index (χ0n) is 17.2. The summed E-state index contributed by atoms with van der Waals surface area (Å²) < 4.78 is 49.1. The van der Waals surface area contributed by atoms with Gasteiger partial charge in [-0.2, -0.15) is 12.7 Å². The van der Waals surface area contributed by atoms with E-state index in [1.807, 2.05) is 0 Å². The molecule has 176 valence electrons. The first-order valence-corrected chi connectivity index (χ1v) is 11.7. The van der Waals surface area contributed by atoms with Crippen molar-refractivity contribution in [3.8, 4) is 0 Å². The number of oxime groups is 1. The normalized spacial score (nSPS) is 20.1. The lowest BCUT2D eigenvalue weighted by Crippen LogP contribution is -2.49. The van der Waals surface area contributed by atoms with Gasteiger partial charge in [0.1, 0.15) is 5.82 Å². The molecule has 1 aromatic carbocycles. The van der Waals surface area contributed by atoms with E-state index in [4.69, 9.17) is 14.5 Å². The molecule has 3 rings (SSSR count). The van der Waals surface area contributed by atoms with Crippen molar-refractivity contribution in [3.63, 3.8) is 0 Å². The first-order chi connectivity index (χ1) is 15.0. The van der Waals surface area contributed by atoms with Crippen LogP contribution < -0.4 is 16.4 Å². The Labute approximate surface area is 192 Å². The van der Waals surface area contributed by atoms with Gasteiger partial charge in [-0.05, 0) is 64.7 Å². The second kappa shape index (κ2) is 9.66. The quantitative estimate of drug-likeness (QED) is 0.169. The molecular weight excluding hydrogens is 513 g/mol. The van der Waals surface area contributed by atoms with Gasteiger partial charge in [-0.15, -0.1) is 0 Å². The molecule has 1 unspecified atom stereocenters. The molecule has 0 bridgehead atoms. The Morgan fingerprint density at radius 1 is 1.50 bits per heavy atom. The van der Waals surface area contributed by atoms with Crippen molar-refractivity contribution < 1.29 is 26.8 Å². The number of nitrogens with zero attached hydrogens (tertiary/aromatic N) is 4.